The molecule has 0 fully saturated rings. The summed E-state index contributed by atoms with van der Waals surface area (Å²) in [6.07, 6.45) is -3.75. The lowest BCUT2D eigenvalue weighted by molar-refractivity contribution is -0.173. The number of aromatic nitrogens is 2. The summed E-state index contributed by atoms with van der Waals surface area (Å²) in [5.74, 6) is -0.198. The number of anilines is 2. The minimum Gasteiger partial charge on any atom is -0.371 e. The van der Waals surface area contributed by atoms with Crippen molar-refractivity contribution < 1.29 is 21.6 Å². The Morgan fingerprint density at radius 2 is 2.05 bits per heavy atom. The highest BCUT2D eigenvalue weighted by Gasteiger charge is 2.47. The van der Waals surface area contributed by atoms with Crippen LogP contribution in [0.15, 0.2) is 4.90 Å². The van der Waals surface area contributed by atoms with Crippen LogP contribution in [0.2, 0.25) is 0 Å². The first-order chi connectivity index (χ1) is 9.05. The summed E-state index contributed by atoms with van der Waals surface area (Å²) in [7, 11) is -2.30. The molecule has 114 valence electrons. The molecule has 0 spiro atoms. The molecule has 0 aliphatic carbocycles. The number of nitrogens with zero attached hydrogens (tertiary/aromatic N) is 2. The topological polar surface area (TPSA) is 76.0 Å². The number of rotatable bonds is 2. The van der Waals surface area contributed by atoms with Crippen molar-refractivity contribution in [3.63, 3.8) is 0 Å². The van der Waals surface area contributed by atoms with Crippen molar-refractivity contribution in [1.29, 1.82) is 0 Å². The normalized spacial score (nSPS) is 23.1. The van der Waals surface area contributed by atoms with Crippen LogP contribution in [-0.2, 0) is 9.84 Å². The van der Waals surface area contributed by atoms with E-state index in [1.165, 1.54) is 7.05 Å². The van der Waals surface area contributed by atoms with E-state index in [2.05, 4.69) is 15.7 Å². The minimum atomic E-state index is -4.49. The Balaban J connectivity index is 2.69. The van der Waals surface area contributed by atoms with Gasteiger partial charge < -0.3 is 10.6 Å². The molecule has 0 bridgehead atoms. The third-order valence-corrected chi connectivity index (χ3v) is 4.24. The van der Waals surface area contributed by atoms with Crippen LogP contribution in [0.3, 0.4) is 0 Å². The summed E-state index contributed by atoms with van der Waals surface area (Å²) >= 11 is 0. The van der Waals surface area contributed by atoms with Gasteiger partial charge in [0, 0.05) is 19.3 Å². The zero-order chi connectivity index (χ0) is 15.3. The van der Waals surface area contributed by atoms with Crippen LogP contribution in [0.4, 0.5) is 24.8 Å². The molecular weight excluding hydrogens is 297 g/mol. The number of alkyl halides is 3. The molecule has 2 atom stereocenters. The monoisotopic (exact) mass is 312 g/mol. The molecule has 10 heteroatoms. The fourth-order valence-electron chi connectivity index (χ4n) is 2.29. The van der Waals surface area contributed by atoms with Gasteiger partial charge in [0.15, 0.2) is 26.6 Å². The lowest BCUT2D eigenvalue weighted by atomic mass is 10.1. The Morgan fingerprint density at radius 3 is 2.50 bits per heavy atom. The molecule has 2 unspecified atom stereocenters. The number of hydrogen-bond donors (Lipinski definition) is 2. The first-order valence-electron chi connectivity index (χ1n) is 5.89. The van der Waals surface area contributed by atoms with Gasteiger partial charge in [0.1, 0.15) is 5.82 Å². The SMILES string of the molecule is CNc1nn2c(c1S(C)(=O)=O)NC(C)CC2C(F)(F)F. The molecule has 6 nitrogen and oxygen atoms in total. The Hall–Kier alpha value is -1.45. The van der Waals surface area contributed by atoms with E-state index in [4.69, 9.17) is 0 Å². The molecule has 1 aromatic heterocycles. The number of hydrogen-bond acceptors (Lipinski definition) is 5. The summed E-state index contributed by atoms with van der Waals surface area (Å²) in [5.41, 5.74) is 0. The zero-order valence-corrected chi connectivity index (χ0v) is 11.9. The fraction of sp³-hybridized carbons (Fsp3) is 0.700. The number of sulfone groups is 1. The molecule has 2 heterocycles. The minimum absolute atomic E-state index is 0.0849. The maximum Gasteiger partial charge on any atom is 0.410 e. The van der Waals surface area contributed by atoms with Gasteiger partial charge >= 0.3 is 6.18 Å². The molecule has 0 saturated carbocycles. The van der Waals surface area contributed by atoms with Crippen LogP contribution >= 0.6 is 0 Å². The average Bonchev–Trinajstić information content (AvgIpc) is 2.64. The highest BCUT2D eigenvalue weighted by Crippen LogP contribution is 2.43. The van der Waals surface area contributed by atoms with E-state index in [0.717, 1.165) is 6.26 Å². The molecule has 1 aromatic rings. The summed E-state index contributed by atoms with van der Waals surface area (Å²) in [6.45, 7) is 1.57. The molecule has 2 N–H and O–H groups in total. The summed E-state index contributed by atoms with van der Waals surface area (Å²) in [5, 5.41) is 9.06. The first-order valence-corrected chi connectivity index (χ1v) is 7.78. The molecule has 0 saturated heterocycles. The molecule has 1 aliphatic heterocycles. The number of fused-ring (bicyclic) bond motifs is 1. The van der Waals surface area contributed by atoms with Crippen molar-refractivity contribution in [3.8, 4) is 0 Å². The van der Waals surface area contributed by atoms with Crippen molar-refractivity contribution >= 4 is 21.5 Å². The molecule has 0 amide bonds. The van der Waals surface area contributed by atoms with E-state index < -0.39 is 28.1 Å². The van der Waals surface area contributed by atoms with Gasteiger partial charge in [-0.3, -0.25) is 0 Å². The lowest BCUT2D eigenvalue weighted by Gasteiger charge is -2.31. The molecule has 20 heavy (non-hydrogen) atoms. The first kappa shape index (κ1) is 14.9. The Kier molecular flexibility index (Phi) is 3.39. The summed E-state index contributed by atoms with van der Waals surface area (Å²) in [6, 6.07) is -2.34. The van der Waals surface area contributed by atoms with Crippen LogP contribution in [0, 0.1) is 0 Å². The molecule has 0 aromatic carbocycles. The third-order valence-electron chi connectivity index (χ3n) is 3.11. The Morgan fingerprint density at radius 1 is 1.45 bits per heavy atom. The predicted molar refractivity (Wildman–Crippen MR) is 67.7 cm³/mol. The van der Waals surface area contributed by atoms with Gasteiger partial charge in [-0.1, -0.05) is 0 Å². The van der Waals surface area contributed by atoms with Gasteiger partial charge in [-0.2, -0.15) is 18.3 Å². The lowest BCUT2D eigenvalue weighted by Crippen LogP contribution is -2.38. The van der Waals surface area contributed by atoms with E-state index in [1.54, 1.807) is 6.92 Å². The van der Waals surface area contributed by atoms with Crippen molar-refractivity contribution in [2.45, 2.75) is 36.5 Å². The van der Waals surface area contributed by atoms with Crippen molar-refractivity contribution in [2.75, 3.05) is 23.9 Å². The van der Waals surface area contributed by atoms with Gasteiger partial charge in [-0.05, 0) is 13.3 Å². The maximum absolute atomic E-state index is 13.1. The van der Waals surface area contributed by atoms with Crippen molar-refractivity contribution in [1.82, 2.24) is 9.78 Å². The summed E-state index contributed by atoms with van der Waals surface area (Å²) in [4.78, 5) is -0.235. The zero-order valence-electron chi connectivity index (χ0n) is 11.1. The highest BCUT2D eigenvalue weighted by atomic mass is 32.2. The molecular formula is C10H15F3N4O2S. The number of halogens is 3. The Labute approximate surface area is 114 Å². The second-order valence-electron chi connectivity index (χ2n) is 4.83. The van der Waals surface area contributed by atoms with E-state index in [0.29, 0.717) is 4.68 Å². The third kappa shape index (κ3) is 2.43. The fourth-order valence-corrected chi connectivity index (χ4v) is 3.29. The molecule has 2 rings (SSSR count). The van der Waals surface area contributed by atoms with Crippen LogP contribution in [-0.4, -0.2) is 43.7 Å². The van der Waals surface area contributed by atoms with E-state index in [9.17, 15) is 21.6 Å². The quantitative estimate of drug-likeness (QED) is 0.868. The van der Waals surface area contributed by atoms with Gasteiger partial charge in [0.05, 0.1) is 0 Å². The molecule has 1 aliphatic rings. The highest BCUT2D eigenvalue weighted by molar-refractivity contribution is 7.91. The molecule has 0 radical (unpaired) electrons. The second-order valence-corrected chi connectivity index (χ2v) is 6.78. The van der Waals surface area contributed by atoms with E-state index in [1.807, 2.05) is 0 Å². The predicted octanol–water partition coefficient (Wildman–Crippen LogP) is 1.64. The van der Waals surface area contributed by atoms with Crippen molar-refractivity contribution in [2.24, 2.45) is 0 Å². The maximum atomic E-state index is 13.1. The standard InChI is InChI=1S/C10H15F3N4O2S/c1-5-4-6(10(11,12)13)17-9(15-5)7(20(3,18)19)8(14-2)16-17/h5-6,15H,4H2,1-3H3,(H,14,16). The smallest absolute Gasteiger partial charge is 0.371 e. The van der Waals surface area contributed by atoms with Gasteiger partial charge in [0.2, 0.25) is 0 Å². The van der Waals surface area contributed by atoms with Gasteiger partial charge in [-0.25, -0.2) is 13.1 Å². The Bertz CT molecular complexity index is 623. The summed E-state index contributed by atoms with van der Waals surface area (Å²) < 4.78 is 63.5. The van der Waals surface area contributed by atoms with E-state index in [-0.39, 0.29) is 23.0 Å². The number of nitrogens with one attached hydrogen (secondary N) is 2. The van der Waals surface area contributed by atoms with Gasteiger partial charge in [-0.15, -0.1) is 0 Å². The van der Waals surface area contributed by atoms with Gasteiger partial charge in [0.25, 0.3) is 0 Å². The van der Waals surface area contributed by atoms with Crippen LogP contribution in [0.5, 0.6) is 0 Å². The van der Waals surface area contributed by atoms with Crippen LogP contribution < -0.4 is 10.6 Å². The van der Waals surface area contributed by atoms with E-state index >= 15 is 0 Å². The van der Waals surface area contributed by atoms with Crippen LogP contribution in [0.25, 0.3) is 0 Å². The second kappa shape index (κ2) is 4.54. The largest absolute Gasteiger partial charge is 0.410 e. The van der Waals surface area contributed by atoms with Crippen LogP contribution in [0.1, 0.15) is 19.4 Å². The average molecular weight is 312 g/mol. The van der Waals surface area contributed by atoms with Crippen molar-refractivity contribution in [3.05, 3.63) is 0 Å².